The van der Waals surface area contributed by atoms with Gasteiger partial charge in [0.15, 0.2) is 0 Å². The summed E-state index contributed by atoms with van der Waals surface area (Å²) in [5, 5.41) is 9.07. The van der Waals surface area contributed by atoms with Crippen molar-refractivity contribution < 1.29 is 24.1 Å². The Morgan fingerprint density at radius 3 is 2.41 bits per heavy atom. The van der Waals surface area contributed by atoms with Gasteiger partial charge in [0.2, 0.25) is 0 Å². The molecule has 0 saturated heterocycles. The van der Waals surface area contributed by atoms with Gasteiger partial charge >= 0.3 is 5.97 Å². The van der Waals surface area contributed by atoms with Crippen LogP contribution in [0.15, 0.2) is 66.7 Å². The molecule has 0 spiro atoms. The Kier molecular flexibility index (Phi) is 9.39. The summed E-state index contributed by atoms with van der Waals surface area (Å²) in [5.74, 6) is 1.50. The fourth-order valence-corrected chi connectivity index (χ4v) is 3.72. The zero-order chi connectivity index (χ0) is 24.3. The van der Waals surface area contributed by atoms with E-state index in [4.69, 9.17) is 19.3 Å². The molecule has 0 heterocycles. The van der Waals surface area contributed by atoms with Crippen molar-refractivity contribution in [3.63, 3.8) is 0 Å². The van der Waals surface area contributed by atoms with Gasteiger partial charge in [-0.25, -0.2) is 0 Å². The van der Waals surface area contributed by atoms with Crippen LogP contribution in [-0.2, 0) is 11.4 Å². The molecule has 0 radical (unpaired) electrons. The second-order valence-corrected chi connectivity index (χ2v) is 8.35. The lowest BCUT2D eigenvalue weighted by Crippen LogP contribution is -2.04. The summed E-state index contributed by atoms with van der Waals surface area (Å²) in [4.78, 5) is 11.0. The van der Waals surface area contributed by atoms with E-state index in [0.717, 1.165) is 52.3 Å². The number of rotatable bonds is 13. The number of carbonyl (C=O) groups is 1. The van der Waals surface area contributed by atoms with Crippen LogP contribution >= 0.6 is 0 Å². The molecule has 0 bridgehead atoms. The van der Waals surface area contributed by atoms with E-state index in [1.807, 2.05) is 68.4 Å². The normalized spacial score (nSPS) is 11.6. The molecule has 180 valence electrons. The van der Waals surface area contributed by atoms with E-state index in [0.29, 0.717) is 19.8 Å². The molecular weight excluding hydrogens is 428 g/mol. The Bertz CT molecular complexity index is 1080. The van der Waals surface area contributed by atoms with E-state index in [1.54, 1.807) is 0 Å². The molecular formula is C29H34O5. The van der Waals surface area contributed by atoms with Crippen LogP contribution in [0.1, 0.15) is 57.1 Å². The summed E-state index contributed by atoms with van der Waals surface area (Å²) >= 11 is 0. The Morgan fingerprint density at radius 1 is 0.912 bits per heavy atom. The predicted molar refractivity (Wildman–Crippen MR) is 135 cm³/mol. The molecule has 0 amide bonds. The maximum Gasteiger partial charge on any atom is 0.303 e. The van der Waals surface area contributed by atoms with Gasteiger partial charge in [0.25, 0.3) is 0 Å². The number of hydrogen-bond donors (Lipinski definition) is 1. The van der Waals surface area contributed by atoms with Crippen molar-refractivity contribution in [2.45, 2.75) is 52.6 Å². The lowest BCUT2D eigenvalue weighted by atomic mass is 9.98. The molecule has 0 aliphatic heterocycles. The number of hydrogen-bond acceptors (Lipinski definition) is 4. The maximum absolute atomic E-state index is 11.0. The number of benzene rings is 3. The van der Waals surface area contributed by atoms with Crippen molar-refractivity contribution in [1.82, 2.24) is 0 Å². The lowest BCUT2D eigenvalue weighted by Gasteiger charge is -2.15. The number of carboxylic acids is 1. The summed E-state index contributed by atoms with van der Waals surface area (Å²) in [6.07, 6.45) is 2.14. The van der Waals surface area contributed by atoms with Gasteiger partial charge in [-0.2, -0.15) is 0 Å². The van der Waals surface area contributed by atoms with Gasteiger partial charge in [-0.3, -0.25) is 4.79 Å². The molecule has 5 nitrogen and oxygen atoms in total. The Hall–Kier alpha value is -3.47. The molecule has 3 aromatic carbocycles. The van der Waals surface area contributed by atoms with Gasteiger partial charge in [-0.1, -0.05) is 56.7 Å². The van der Waals surface area contributed by atoms with Crippen molar-refractivity contribution in [1.29, 1.82) is 0 Å². The highest BCUT2D eigenvalue weighted by atomic mass is 16.5. The SMILES string of the molecule is CCCCOc1cc(COc2cccc([C@@H](C)CC(=O)O)c2)ccc1-c1cccc(OCC)c1. The second-order valence-electron chi connectivity index (χ2n) is 8.35. The number of unbranched alkanes of at least 4 members (excludes halogenated alkanes) is 1. The summed E-state index contributed by atoms with van der Waals surface area (Å²) < 4.78 is 17.9. The lowest BCUT2D eigenvalue weighted by molar-refractivity contribution is -0.137. The first-order valence-corrected chi connectivity index (χ1v) is 11.9. The maximum atomic E-state index is 11.0. The minimum Gasteiger partial charge on any atom is -0.494 e. The highest BCUT2D eigenvalue weighted by Crippen LogP contribution is 2.34. The highest BCUT2D eigenvalue weighted by molar-refractivity contribution is 5.72. The molecule has 34 heavy (non-hydrogen) atoms. The molecule has 3 aromatic rings. The van der Waals surface area contributed by atoms with Crippen molar-refractivity contribution in [2.75, 3.05) is 13.2 Å². The molecule has 0 aromatic heterocycles. The third-order valence-electron chi connectivity index (χ3n) is 5.57. The molecule has 0 aliphatic rings. The van der Waals surface area contributed by atoms with Crippen LogP contribution < -0.4 is 14.2 Å². The van der Waals surface area contributed by atoms with Crippen LogP contribution in [0.5, 0.6) is 17.2 Å². The zero-order valence-electron chi connectivity index (χ0n) is 20.3. The number of ether oxygens (including phenoxy) is 3. The largest absolute Gasteiger partial charge is 0.494 e. The first kappa shape index (κ1) is 25.2. The van der Waals surface area contributed by atoms with E-state index in [1.165, 1.54) is 0 Å². The summed E-state index contributed by atoms with van der Waals surface area (Å²) in [6.45, 7) is 7.69. The van der Waals surface area contributed by atoms with E-state index in [-0.39, 0.29) is 12.3 Å². The van der Waals surface area contributed by atoms with Crippen LogP contribution in [0, 0.1) is 0 Å². The molecule has 0 unspecified atom stereocenters. The summed E-state index contributed by atoms with van der Waals surface area (Å²) in [6, 6.07) is 21.8. The molecule has 5 heteroatoms. The number of carboxylic acid groups (broad SMARTS) is 1. The minimum absolute atomic E-state index is 0.0775. The van der Waals surface area contributed by atoms with Crippen molar-refractivity contribution in [3.8, 4) is 28.4 Å². The molecule has 0 aliphatic carbocycles. The smallest absolute Gasteiger partial charge is 0.303 e. The average molecular weight is 463 g/mol. The summed E-state index contributed by atoms with van der Waals surface area (Å²) in [7, 11) is 0. The third-order valence-corrected chi connectivity index (χ3v) is 5.57. The third kappa shape index (κ3) is 7.27. The molecule has 0 fully saturated rings. The van der Waals surface area contributed by atoms with Crippen LogP contribution in [-0.4, -0.2) is 24.3 Å². The van der Waals surface area contributed by atoms with Crippen molar-refractivity contribution in [2.24, 2.45) is 0 Å². The van der Waals surface area contributed by atoms with Gasteiger partial charge in [0.1, 0.15) is 23.9 Å². The number of aliphatic carboxylic acids is 1. The van der Waals surface area contributed by atoms with Crippen LogP contribution in [0.3, 0.4) is 0 Å². The van der Waals surface area contributed by atoms with Crippen molar-refractivity contribution >= 4 is 5.97 Å². The topological polar surface area (TPSA) is 65.0 Å². The standard InChI is InChI=1S/C29H34O5/c1-4-6-15-33-28-17-22(13-14-27(28)24-10-8-11-25(19-24)32-5-2)20-34-26-12-7-9-23(18-26)21(3)16-29(30)31/h7-14,17-19,21H,4-6,15-16,20H2,1-3H3,(H,30,31)/t21-/m0/s1. The van der Waals surface area contributed by atoms with Crippen molar-refractivity contribution in [3.05, 3.63) is 77.9 Å². The summed E-state index contributed by atoms with van der Waals surface area (Å²) in [5.41, 5.74) is 4.02. The highest BCUT2D eigenvalue weighted by Gasteiger charge is 2.12. The van der Waals surface area contributed by atoms with E-state index in [9.17, 15) is 4.79 Å². The van der Waals surface area contributed by atoms with Crippen LogP contribution in [0.2, 0.25) is 0 Å². The first-order valence-electron chi connectivity index (χ1n) is 11.9. The fraction of sp³-hybridized carbons (Fsp3) is 0.345. The average Bonchev–Trinajstić information content (AvgIpc) is 2.83. The fourth-order valence-electron chi connectivity index (χ4n) is 3.72. The van der Waals surface area contributed by atoms with E-state index >= 15 is 0 Å². The molecule has 0 saturated carbocycles. The van der Waals surface area contributed by atoms with Gasteiger partial charge < -0.3 is 19.3 Å². The Balaban J connectivity index is 1.78. The van der Waals surface area contributed by atoms with Crippen LogP contribution in [0.25, 0.3) is 11.1 Å². The van der Waals surface area contributed by atoms with Gasteiger partial charge in [-0.15, -0.1) is 0 Å². The predicted octanol–water partition coefficient (Wildman–Crippen LogP) is 7.09. The quantitative estimate of drug-likeness (QED) is 0.275. The van der Waals surface area contributed by atoms with Crippen LogP contribution in [0.4, 0.5) is 0 Å². The minimum atomic E-state index is -0.804. The molecule has 1 atom stereocenters. The second kappa shape index (κ2) is 12.7. The first-order chi connectivity index (χ1) is 16.5. The van der Waals surface area contributed by atoms with E-state index in [2.05, 4.69) is 19.1 Å². The Labute approximate surface area is 202 Å². The van der Waals surface area contributed by atoms with Gasteiger partial charge in [-0.05, 0) is 66.3 Å². The van der Waals surface area contributed by atoms with Gasteiger partial charge in [0, 0.05) is 5.56 Å². The zero-order valence-corrected chi connectivity index (χ0v) is 20.3. The monoisotopic (exact) mass is 462 g/mol. The Morgan fingerprint density at radius 2 is 1.68 bits per heavy atom. The van der Waals surface area contributed by atoms with E-state index < -0.39 is 5.97 Å². The van der Waals surface area contributed by atoms with Gasteiger partial charge in [0.05, 0.1) is 19.6 Å². The molecule has 1 N–H and O–H groups in total. The molecule has 3 rings (SSSR count).